The van der Waals surface area contributed by atoms with E-state index in [1.54, 1.807) is 6.07 Å². The van der Waals surface area contributed by atoms with E-state index in [4.69, 9.17) is 0 Å². The SMILES string of the molecule is CCCCC.CCCCC1CS(=O)(=O)c2ccc(N(C)C)cc2[C@@H](c2cccc(Nc3cc[n+](C)cc3)c2)[C@H]1O. The molecule has 6 nitrogen and oxygen atoms in total. The van der Waals surface area contributed by atoms with Crippen molar-refractivity contribution >= 4 is 26.9 Å². The van der Waals surface area contributed by atoms with Crippen LogP contribution in [0.4, 0.5) is 17.1 Å². The Kier molecular flexibility index (Phi) is 11.6. The number of hydrogen-bond donors (Lipinski definition) is 2. The van der Waals surface area contributed by atoms with Crippen molar-refractivity contribution in [3.05, 3.63) is 78.1 Å². The van der Waals surface area contributed by atoms with Crippen LogP contribution in [0.3, 0.4) is 0 Å². The Bertz CT molecular complexity index is 1320. The number of nitrogens with zero attached hydrogens (tertiary/aromatic N) is 2. The molecule has 0 radical (unpaired) electrons. The van der Waals surface area contributed by atoms with Crippen LogP contribution in [-0.2, 0) is 16.9 Å². The van der Waals surface area contributed by atoms with Crippen LogP contribution in [0.5, 0.6) is 0 Å². The molecule has 218 valence electrons. The van der Waals surface area contributed by atoms with Crippen molar-refractivity contribution in [3.63, 3.8) is 0 Å². The van der Waals surface area contributed by atoms with E-state index in [1.807, 2.05) is 91.5 Å². The highest BCUT2D eigenvalue weighted by molar-refractivity contribution is 7.91. The summed E-state index contributed by atoms with van der Waals surface area (Å²) in [5, 5.41) is 15.1. The third kappa shape index (κ3) is 8.07. The molecule has 4 rings (SSSR count). The van der Waals surface area contributed by atoms with Crippen LogP contribution in [0.15, 0.2) is 71.9 Å². The smallest absolute Gasteiger partial charge is 0.179 e. The summed E-state index contributed by atoms with van der Waals surface area (Å²) in [6.07, 6.45) is 9.75. The van der Waals surface area contributed by atoms with Crippen molar-refractivity contribution < 1.29 is 18.1 Å². The van der Waals surface area contributed by atoms with Gasteiger partial charge in [-0.25, -0.2) is 13.0 Å². The monoisotopic (exact) mass is 566 g/mol. The van der Waals surface area contributed by atoms with Crippen LogP contribution < -0.4 is 14.8 Å². The first-order valence-electron chi connectivity index (χ1n) is 14.7. The number of rotatable bonds is 9. The van der Waals surface area contributed by atoms with Crippen molar-refractivity contribution in [1.29, 1.82) is 0 Å². The number of fused-ring (bicyclic) bond motifs is 1. The summed E-state index contributed by atoms with van der Waals surface area (Å²) in [6.45, 7) is 6.51. The molecule has 7 heteroatoms. The molecule has 0 aliphatic carbocycles. The Morgan fingerprint density at radius 2 is 1.60 bits per heavy atom. The van der Waals surface area contributed by atoms with Crippen molar-refractivity contribution in [2.24, 2.45) is 13.0 Å². The third-order valence-corrected chi connectivity index (χ3v) is 9.50. The molecule has 0 amide bonds. The lowest BCUT2D eigenvalue weighted by atomic mass is 9.80. The average Bonchev–Trinajstić information content (AvgIpc) is 3.01. The second kappa shape index (κ2) is 14.6. The Balaban J connectivity index is 0.000000810. The summed E-state index contributed by atoms with van der Waals surface area (Å²) in [6, 6.07) is 17.5. The zero-order valence-corrected chi connectivity index (χ0v) is 25.9. The summed E-state index contributed by atoms with van der Waals surface area (Å²) >= 11 is 0. The van der Waals surface area contributed by atoms with E-state index >= 15 is 0 Å². The van der Waals surface area contributed by atoms with Crippen molar-refractivity contribution in [3.8, 4) is 0 Å². The number of aliphatic hydroxyl groups is 1. The van der Waals surface area contributed by atoms with Gasteiger partial charge in [0.05, 0.1) is 22.4 Å². The molecule has 1 unspecified atom stereocenters. The van der Waals surface area contributed by atoms with Gasteiger partial charge in [0.1, 0.15) is 7.05 Å². The second-order valence-electron chi connectivity index (χ2n) is 11.1. The maximum absolute atomic E-state index is 13.5. The highest BCUT2D eigenvalue weighted by Crippen LogP contribution is 2.43. The van der Waals surface area contributed by atoms with Gasteiger partial charge in [-0.3, -0.25) is 0 Å². The first kappa shape index (κ1) is 31.6. The van der Waals surface area contributed by atoms with Crippen molar-refractivity contribution in [2.75, 3.05) is 30.1 Å². The van der Waals surface area contributed by atoms with E-state index in [0.29, 0.717) is 16.9 Å². The Morgan fingerprint density at radius 3 is 2.20 bits per heavy atom. The lowest BCUT2D eigenvalue weighted by molar-refractivity contribution is -0.671. The van der Waals surface area contributed by atoms with E-state index in [-0.39, 0.29) is 11.7 Å². The molecule has 0 saturated heterocycles. The first-order valence-corrected chi connectivity index (χ1v) is 16.3. The lowest BCUT2D eigenvalue weighted by Gasteiger charge is -2.29. The second-order valence-corrected chi connectivity index (χ2v) is 13.1. The van der Waals surface area contributed by atoms with Crippen LogP contribution >= 0.6 is 0 Å². The summed E-state index contributed by atoms with van der Waals surface area (Å²) in [5.41, 5.74) is 4.34. The van der Waals surface area contributed by atoms with Crippen LogP contribution in [0.1, 0.15) is 76.3 Å². The molecule has 0 fully saturated rings. The number of sulfone groups is 1. The van der Waals surface area contributed by atoms with Crippen LogP contribution in [0.25, 0.3) is 0 Å². The Hall–Kier alpha value is -2.90. The topological polar surface area (TPSA) is 73.5 Å². The maximum Gasteiger partial charge on any atom is 0.179 e. The van der Waals surface area contributed by atoms with E-state index in [0.717, 1.165) is 35.5 Å². The molecule has 3 atom stereocenters. The van der Waals surface area contributed by atoms with E-state index in [1.165, 1.54) is 19.3 Å². The zero-order chi connectivity index (χ0) is 29.3. The number of anilines is 3. The van der Waals surface area contributed by atoms with Crippen molar-refractivity contribution in [2.45, 2.75) is 76.2 Å². The number of aryl methyl sites for hydroxylation is 1. The van der Waals surface area contributed by atoms with Gasteiger partial charge >= 0.3 is 0 Å². The summed E-state index contributed by atoms with van der Waals surface area (Å²) in [5.74, 6) is -0.803. The van der Waals surface area contributed by atoms with Gasteiger partial charge in [0, 0.05) is 49.4 Å². The number of benzene rings is 2. The van der Waals surface area contributed by atoms with Crippen LogP contribution in [0, 0.1) is 5.92 Å². The Morgan fingerprint density at radius 1 is 0.925 bits per heavy atom. The molecule has 2 aromatic carbocycles. The van der Waals surface area contributed by atoms with E-state index in [9.17, 15) is 13.5 Å². The van der Waals surface area contributed by atoms with Gasteiger partial charge in [-0.05, 0) is 47.9 Å². The average molecular weight is 567 g/mol. The minimum atomic E-state index is -3.53. The number of aromatic nitrogens is 1. The minimum absolute atomic E-state index is 0.0298. The van der Waals surface area contributed by atoms with Gasteiger partial charge < -0.3 is 15.3 Å². The fraction of sp³-hybridized carbons (Fsp3) is 0.485. The standard InChI is InChI=1S/C28H35N3O3S.C5H12/c1-5-6-8-21-19-35(33,34)26-12-11-24(30(2)3)18-25(26)27(28(21)32)20-9-7-10-23(17-20)29-22-13-15-31(4)16-14-22;1-3-5-4-2/h7,9-18,21,27-28,32H,5-6,8,19H2,1-4H3;3-5H2,1-2H3/p+1/t21?,27-,28+;/m1./s1. The highest BCUT2D eigenvalue weighted by Gasteiger charge is 2.40. The minimum Gasteiger partial charge on any atom is -0.392 e. The normalized spacial score (nSPS) is 19.5. The van der Waals surface area contributed by atoms with E-state index < -0.39 is 21.9 Å². The number of pyridine rings is 1. The molecule has 2 heterocycles. The Labute approximate surface area is 242 Å². The molecular weight excluding hydrogens is 518 g/mol. The largest absolute Gasteiger partial charge is 0.392 e. The molecule has 0 spiro atoms. The lowest BCUT2D eigenvalue weighted by Crippen LogP contribution is -2.30. The molecule has 3 aromatic rings. The van der Waals surface area contributed by atoms with Crippen LogP contribution in [-0.4, -0.2) is 39.5 Å². The molecule has 0 bridgehead atoms. The summed E-state index contributed by atoms with van der Waals surface area (Å²) < 4.78 is 28.9. The quantitative estimate of drug-likeness (QED) is 0.285. The third-order valence-electron chi connectivity index (χ3n) is 7.59. The first-order chi connectivity index (χ1) is 19.1. The zero-order valence-electron chi connectivity index (χ0n) is 25.1. The number of aliphatic hydroxyl groups excluding tert-OH is 1. The number of unbranched alkanes of at least 4 members (excludes halogenated alkanes) is 3. The molecule has 1 aliphatic heterocycles. The molecule has 1 aliphatic rings. The highest BCUT2D eigenvalue weighted by atomic mass is 32.2. The number of nitrogens with one attached hydrogen (secondary N) is 1. The number of hydrogen-bond acceptors (Lipinski definition) is 5. The van der Waals surface area contributed by atoms with Gasteiger partial charge in [-0.15, -0.1) is 0 Å². The van der Waals surface area contributed by atoms with Gasteiger partial charge in [0.2, 0.25) is 0 Å². The van der Waals surface area contributed by atoms with Crippen LogP contribution in [0.2, 0.25) is 0 Å². The maximum atomic E-state index is 13.5. The predicted octanol–water partition coefficient (Wildman–Crippen LogP) is 6.60. The van der Waals surface area contributed by atoms with E-state index in [2.05, 4.69) is 26.1 Å². The molecular formula is C33H48N3O3S+. The fourth-order valence-electron chi connectivity index (χ4n) is 5.28. The fourth-order valence-corrected chi connectivity index (χ4v) is 7.21. The molecule has 2 N–H and O–H groups in total. The summed E-state index contributed by atoms with van der Waals surface area (Å²) in [7, 11) is 2.31. The predicted molar refractivity (Wildman–Crippen MR) is 166 cm³/mol. The van der Waals surface area contributed by atoms with Gasteiger partial charge in [-0.1, -0.05) is 65.0 Å². The van der Waals surface area contributed by atoms with Gasteiger partial charge in [0.25, 0.3) is 0 Å². The van der Waals surface area contributed by atoms with Gasteiger partial charge in [0.15, 0.2) is 22.2 Å². The van der Waals surface area contributed by atoms with Crippen molar-refractivity contribution in [1.82, 2.24) is 0 Å². The molecule has 40 heavy (non-hydrogen) atoms. The molecule has 1 aromatic heterocycles. The summed E-state index contributed by atoms with van der Waals surface area (Å²) in [4.78, 5) is 2.29. The van der Waals surface area contributed by atoms with Gasteiger partial charge in [-0.2, -0.15) is 0 Å². The molecule has 0 saturated carbocycles.